The smallest absolute Gasteiger partial charge is 0.244 e. The molecule has 0 saturated carbocycles. The topological polar surface area (TPSA) is 86.8 Å². The highest BCUT2D eigenvalue weighted by Crippen LogP contribution is 2.21. The first-order valence-corrected chi connectivity index (χ1v) is 11.7. The second-order valence-corrected chi connectivity index (χ2v) is 9.17. The minimum atomic E-state index is -3.75. The van der Waals surface area contributed by atoms with E-state index in [1.807, 2.05) is 30.3 Å². The Morgan fingerprint density at radius 2 is 1.67 bits per heavy atom. The number of hydrogen-bond acceptors (Lipinski definition) is 4. The van der Waals surface area contributed by atoms with E-state index in [1.54, 1.807) is 26.0 Å². The summed E-state index contributed by atoms with van der Waals surface area (Å²) >= 11 is 5.90. The van der Waals surface area contributed by atoms with Crippen molar-refractivity contribution in [1.29, 1.82) is 0 Å². The van der Waals surface area contributed by atoms with Crippen molar-refractivity contribution in [2.45, 2.75) is 26.4 Å². The van der Waals surface area contributed by atoms with Gasteiger partial charge in [0.1, 0.15) is 12.6 Å². The number of carbonyl (C=O) groups excluding carboxylic acids is 2. The first kappa shape index (κ1) is 23.7. The van der Waals surface area contributed by atoms with Gasteiger partial charge in [0.25, 0.3) is 0 Å². The van der Waals surface area contributed by atoms with Gasteiger partial charge in [-0.25, -0.2) is 8.42 Å². The zero-order valence-corrected chi connectivity index (χ0v) is 18.8. The molecule has 162 valence electrons. The summed E-state index contributed by atoms with van der Waals surface area (Å²) in [5, 5.41) is 3.16. The molecule has 1 unspecified atom stereocenters. The van der Waals surface area contributed by atoms with Crippen LogP contribution < -0.4 is 9.62 Å². The largest absolute Gasteiger partial charge is 0.355 e. The quantitative estimate of drug-likeness (QED) is 0.635. The lowest BCUT2D eigenvalue weighted by Gasteiger charge is -2.31. The Hall–Kier alpha value is -2.58. The van der Waals surface area contributed by atoms with E-state index in [4.69, 9.17) is 11.6 Å². The number of nitrogens with one attached hydrogen (secondary N) is 1. The van der Waals surface area contributed by atoms with Crippen LogP contribution in [0.3, 0.4) is 0 Å². The summed E-state index contributed by atoms with van der Waals surface area (Å²) in [6.07, 6.45) is 1.03. The molecule has 0 aliphatic carbocycles. The SMILES string of the molecule is CCNC(=O)C(C)N(Cc1ccccc1)C(=O)CN(c1ccc(Cl)cc1)S(C)(=O)=O. The van der Waals surface area contributed by atoms with Crippen molar-refractivity contribution in [1.82, 2.24) is 10.2 Å². The number of amides is 2. The van der Waals surface area contributed by atoms with Crippen molar-refractivity contribution in [3.05, 3.63) is 65.2 Å². The van der Waals surface area contributed by atoms with E-state index >= 15 is 0 Å². The average molecular weight is 452 g/mol. The van der Waals surface area contributed by atoms with Gasteiger partial charge in [-0.05, 0) is 43.7 Å². The van der Waals surface area contributed by atoms with Gasteiger partial charge in [-0.2, -0.15) is 0 Å². The zero-order valence-electron chi connectivity index (χ0n) is 17.2. The molecule has 0 radical (unpaired) electrons. The summed E-state index contributed by atoms with van der Waals surface area (Å²) in [6, 6.07) is 14.6. The lowest BCUT2D eigenvalue weighted by atomic mass is 10.1. The molecule has 0 saturated heterocycles. The zero-order chi connectivity index (χ0) is 22.3. The molecular formula is C21H26ClN3O4S. The van der Waals surface area contributed by atoms with Crippen molar-refractivity contribution < 1.29 is 18.0 Å². The third-order valence-corrected chi connectivity index (χ3v) is 5.90. The number of likely N-dealkylation sites (N-methyl/N-ethyl adjacent to an activating group) is 1. The van der Waals surface area contributed by atoms with Crippen molar-refractivity contribution in [2.24, 2.45) is 0 Å². The lowest BCUT2D eigenvalue weighted by Crippen LogP contribution is -2.51. The number of halogens is 1. The van der Waals surface area contributed by atoms with E-state index in [0.29, 0.717) is 17.3 Å². The Morgan fingerprint density at radius 3 is 2.20 bits per heavy atom. The third-order valence-electron chi connectivity index (χ3n) is 4.51. The third kappa shape index (κ3) is 6.47. The van der Waals surface area contributed by atoms with E-state index in [0.717, 1.165) is 16.1 Å². The normalized spacial score (nSPS) is 12.1. The molecule has 0 spiro atoms. The van der Waals surface area contributed by atoms with Crippen LogP contribution in [0, 0.1) is 0 Å². The van der Waals surface area contributed by atoms with Crippen LogP contribution in [0.5, 0.6) is 0 Å². The maximum Gasteiger partial charge on any atom is 0.244 e. The summed E-state index contributed by atoms with van der Waals surface area (Å²) in [6.45, 7) is 3.59. The maximum absolute atomic E-state index is 13.2. The molecule has 2 aromatic rings. The number of hydrogen-bond donors (Lipinski definition) is 1. The van der Waals surface area contributed by atoms with Crippen molar-refractivity contribution in [2.75, 3.05) is 23.7 Å². The number of sulfonamides is 1. The fourth-order valence-corrected chi connectivity index (χ4v) is 3.88. The van der Waals surface area contributed by atoms with E-state index in [-0.39, 0.29) is 12.5 Å². The standard InChI is InChI=1S/C21H26ClN3O4S/c1-4-23-21(27)16(2)24(14-17-8-6-5-7-9-17)20(26)15-25(30(3,28)29)19-12-10-18(22)11-13-19/h5-13,16H,4,14-15H2,1-3H3,(H,23,27). The van der Waals surface area contributed by atoms with E-state index in [9.17, 15) is 18.0 Å². The fraction of sp³-hybridized carbons (Fsp3) is 0.333. The highest BCUT2D eigenvalue weighted by atomic mass is 35.5. The van der Waals surface area contributed by atoms with Gasteiger partial charge < -0.3 is 10.2 Å². The summed E-state index contributed by atoms with van der Waals surface area (Å²) in [5.41, 5.74) is 1.15. The predicted molar refractivity (Wildman–Crippen MR) is 119 cm³/mol. The van der Waals surface area contributed by atoms with Crippen molar-refractivity contribution >= 4 is 39.1 Å². The first-order chi connectivity index (χ1) is 14.1. The number of benzene rings is 2. The lowest BCUT2D eigenvalue weighted by molar-refractivity contribution is -0.139. The number of rotatable bonds is 9. The molecule has 2 aromatic carbocycles. The molecule has 2 rings (SSSR count). The highest BCUT2D eigenvalue weighted by molar-refractivity contribution is 7.92. The molecule has 0 fully saturated rings. The van der Waals surface area contributed by atoms with Crippen LogP contribution in [-0.4, -0.2) is 50.5 Å². The Labute approximate surface area is 182 Å². The molecule has 0 bridgehead atoms. The second-order valence-electron chi connectivity index (χ2n) is 6.82. The predicted octanol–water partition coefficient (Wildman–Crippen LogP) is 2.66. The van der Waals surface area contributed by atoms with Crippen molar-refractivity contribution in [3.63, 3.8) is 0 Å². The second kappa shape index (κ2) is 10.4. The molecule has 1 N–H and O–H groups in total. The molecule has 0 heterocycles. The van der Waals surface area contributed by atoms with E-state index < -0.39 is 28.5 Å². The summed E-state index contributed by atoms with van der Waals surface area (Å²) in [7, 11) is -3.75. The van der Waals surface area contributed by atoms with Gasteiger partial charge in [0, 0.05) is 18.1 Å². The highest BCUT2D eigenvalue weighted by Gasteiger charge is 2.29. The van der Waals surface area contributed by atoms with Crippen LogP contribution in [0.4, 0.5) is 5.69 Å². The number of nitrogens with zero attached hydrogens (tertiary/aromatic N) is 2. The maximum atomic E-state index is 13.2. The van der Waals surface area contributed by atoms with Gasteiger partial charge in [0.2, 0.25) is 21.8 Å². The summed E-state index contributed by atoms with van der Waals surface area (Å²) in [5.74, 6) is -0.794. The van der Waals surface area contributed by atoms with Gasteiger partial charge in [-0.15, -0.1) is 0 Å². The minimum absolute atomic E-state index is 0.177. The molecule has 30 heavy (non-hydrogen) atoms. The molecule has 0 aromatic heterocycles. The van der Waals surface area contributed by atoms with Gasteiger partial charge in [-0.1, -0.05) is 41.9 Å². The van der Waals surface area contributed by atoms with Gasteiger partial charge in [0.05, 0.1) is 11.9 Å². The van der Waals surface area contributed by atoms with Gasteiger partial charge >= 0.3 is 0 Å². The molecule has 9 heteroatoms. The van der Waals surface area contributed by atoms with Crippen LogP contribution in [-0.2, 0) is 26.2 Å². The Balaban J connectivity index is 2.34. The number of carbonyl (C=O) groups is 2. The Kier molecular flexibility index (Phi) is 8.25. The van der Waals surface area contributed by atoms with Crippen LogP contribution in [0.2, 0.25) is 5.02 Å². The average Bonchev–Trinajstić information content (AvgIpc) is 2.70. The van der Waals surface area contributed by atoms with Crippen LogP contribution in [0.15, 0.2) is 54.6 Å². The van der Waals surface area contributed by atoms with E-state index in [2.05, 4.69) is 5.32 Å². The Bertz CT molecular complexity index is 966. The molecular weight excluding hydrogens is 426 g/mol. The van der Waals surface area contributed by atoms with Crippen molar-refractivity contribution in [3.8, 4) is 0 Å². The fourth-order valence-electron chi connectivity index (χ4n) is 2.91. The Morgan fingerprint density at radius 1 is 1.07 bits per heavy atom. The molecule has 1 atom stereocenters. The number of anilines is 1. The summed E-state index contributed by atoms with van der Waals surface area (Å²) < 4.78 is 25.8. The monoisotopic (exact) mass is 451 g/mol. The molecule has 7 nitrogen and oxygen atoms in total. The van der Waals surface area contributed by atoms with Gasteiger partial charge in [0.15, 0.2) is 0 Å². The summed E-state index contributed by atoms with van der Waals surface area (Å²) in [4.78, 5) is 27.0. The van der Waals surface area contributed by atoms with Crippen LogP contribution in [0.25, 0.3) is 0 Å². The first-order valence-electron chi connectivity index (χ1n) is 9.48. The molecule has 0 aliphatic rings. The van der Waals surface area contributed by atoms with Crippen LogP contribution in [0.1, 0.15) is 19.4 Å². The molecule has 2 amide bonds. The van der Waals surface area contributed by atoms with Crippen LogP contribution >= 0.6 is 11.6 Å². The van der Waals surface area contributed by atoms with E-state index in [1.165, 1.54) is 17.0 Å². The minimum Gasteiger partial charge on any atom is -0.355 e. The molecule has 0 aliphatic heterocycles. The van der Waals surface area contributed by atoms with Gasteiger partial charge in [-0.3, -0.25) is 13.9 Å².